The minimum atomic E-state index is -0.718. The highest BCUT2D eigenvalue weighted by molar-refractivity contribution is 5.89. The van der Waals surface area contributed by atoms with Crippen molar-refractivity contribution in [2.24, 2.45) is 0 Å². The summed E-state index contributed by atoms with van der Waals surface area (Å²) < 4.78 is 0. The molecule has 0 radical (unpaired) electrons. The molecular weight excluding hydrogens is 288 g/mol. The van der Waals surface area contributed by atoms with E-state index in [4.69, 9.17) is 0 Å². The van der Waals surface area contributed by atoms with Gasteiger partial charge in [-0.25, -0.2) is 4.79 Å². The predicted octanol–water partition coefficient (Wildman–Crippen LogP) is 3.97. The molecule has 0 bridgehead atoms. The number of aliphatic hydroxyl groups is 1. The molecule has 4 heteroatoms. The zero-order chi connectivity index (χ0) is 16.8. The Hall–Kier alpha value is -2.33. The Bertz CT molecular complexity index is 633. The zero-order valence-corrected chi connectivity index (χ0v) is 13.8. The molecule has 2 rings (SSSR count). The predicted molar refractivity (Wildman–Crippen MR) is 93.7 cm³/mol. The summed E-state index contributed by atoms with van der Waals surface area (Å²) in [4.78, 5) is 11.9. The van der Waals surface area contributed by atoms with Gasteiger partial charge in [0.05, 0.1) is 6.10 Å². The van der Waals surface area contributed by atoms with Crippen molar-refractivity contribution >= 4 is 11.7 Å². The average molecular weight is 312 g/mol. The van der Waals surface area contributed by atoms with Crippen molar-refractivity contribution < 1.29 is 9.90 Å². The lowest BCUT2D eigenvalue weighted by Crippen LogP contribution is -2.32. The molecule has 0 saturated carbocycles. The van der Waals surface area contributed by atoms with Gasteiger partial charge in [0.25, 0.3) is 0 Å². The number of hydrogen-bond acceptors (Lipinski definition) is 2. The van der Waals surface area contributed by atoms with Crippen molar-refractivity contribution in [1.82, 2.24) is 5.32 Å². The molecule has 2 aromatic carbocycles. The van der Waals surface area contributed by atoms with Gasteiger partial charge in [0.2, 0.25) is 0 Å². The van der Waals surface area contributed by atoms with Crippen LogP contribution < -0.4 is 10.6 Å². The Morgan fingerprint density at radius 3 is 2.13 bits per heavy atom. The highest BCUT2D eigenvalue weighted by atomic mass is 16.3. The number of carbonyl (C=O) groups is 1. The summed E-state index contributed by atoms with van der Waals surface area (Å²) in [5, 5.41) is 15.5. The fourth-order valence-electron chi connectivity index (χ4n) is 2.22. The highest BCUT2D eigenvalue weighted by Crippen LogP contribution is 2.17. The first-order chi connectivity index (χ1) is 11.0. The molecule has 122 valence electrons. The highest BCUT2D eigenvalue weighted by Gasteiger charge is 2.09. The third-order valence-corrected chi connectivity index (χ3v) is 3.75. The molecule has 2 amide bonds. The number of nitrogens with one attached hydrogen (secondary N) is 2. The van der Waals surface area contributed by atoms with Gasteiger partial charge in [0, 0.05) is 12.2 Å². The minimum Gasteiger partial charge on any atom is -0.387 e. The van der Waals surface area contributed by atoms with E-state index in [0.717, 1.165) is 16.8 Å². The molecule has 0 heterocycles. The topological polar surface area (TPSA) is 61.4 Å². The fourth-order valence-corrected chi connectivity index (χ4v) is 2.22. The van der Waals surface area contributed by atoms with Crippen LogP contribution in [-0.4, -0.2) is 17.7 Å². The van der Waals surface area contributed by atoms with Crippen molar-refractivity contribution in [3.63, 3.8) is 0 Å². The maximum atomic E-state index is 11.9. The monoisotopic (exact) mass is 312 g/mol. The second kappa shape index (κ2) is 7.79. The van der Waals surface area contributed by atoms with E-state index in [9.17, 15) is 9.90 Å². The first kappa shape index (κ1) is 17.0. The molecule has 3 N–H and O–H groups in total. The van der Waals surface area contributed by atoms with E-state index < -0.39 is 6.10 Å². The maximum absolute atomic E-state index is 11.9. The van der Waals surface area contributed by atoms with Crippen LogP contribution in [0.1, 0.15) is 42.6 Å². The molecule has 0 spiro atoms. The smallest absolute Gasteiger partial charge is 0.319 e. The summed E-state index contributed by atoms with van der Waals surface area (Å²) >= 11 is 0. The second-order valence-electron chi connectivity index (χ2n) is 6.04. The van der Waals surface area contributed by atoms with Crippen LogP contribution in [0, 0.1) is 6.92 Å². The Balaban J connectivity index is 1.83. The molecular formula is C19H24N2O2. The number of urea groups is 1. The molecule has 0 aromatic heterocycles. The third-order valence-electron chi connectivity index (χ3n) is 3.75. The van der Waals surface area contributed by atoms with Crippen LogP contribution in [0.4, 0.5) is 10.5 Å². The molecule has 1 atom stereocenters. The summed E-state index contributed by atoms with van der Waals surface area (Å²) in [5.41, 5.74) is 3.89. The Kier molecular flexibility index (Phi) is 5.77. The Morgan fingerprint density at radius 2 is 1.57 bits per heavy atom. The van der Waals surface area contributed by atoms with E-state index in [1.165, 1.54) is 5.56 Å². The Morgan fingerprint density at radius 1 is 1.00 bits per heavy atom. The van der Waals surface area contributed by atoms with Crippen molar-refractivity contribution in [1.29, 1.82) is 0 Å². The van der Waals surface area contributed by atoms with E-state index in [0.29, 0.717) is 5.92 Å². The molecule has 0 aliphatic rings. The van der Waals surface area contributed by atoms with Gasteiger partial charge in [0.15, 0.2) is 0 Å². The van der Waals surface area contributed by atoms with Crippen LogP contribution in [0.15, 0.2) is 48.5 Å². The van der Waals surface area contributed by atoms with Crippen molar-refractivity contribution in [2.45, 2.75) is 32.8 Å². The number of anilines is 1. The average Bonchev–Trinajstić information content (AvgIpc) is 2.54. The zero-order valence-electron chi connectivity index (χ0n) is 13.8. The van der Waals surface area contributed by atoms with E-state index >= 15 is 0 Å². The molecule has 23 heavy (non-hydrogen) atoms. The quantitative estimate of drug-likeness (QED) is 0.782. The third kappa shape index (κ3) is 5.11. The molecule has 0 aliphatic heterocycles. The second-order valence-corrected chi connectivity index (χ2v) is 6.04. The number of rotatable bonds is 5. The van der Waals surface area contributed by atoms with Crippen LogP contribution in [0.2, 0.25) is 0 Å². The van der Waals surface area contributed by atoms with E-state index in [1.807, 2.05) is 55.5 Å². The molecule has 2 aromatic rings. The van der Waals surface area contributed by atoms with E-state index in [-0.39, 0.29) is 12.6 Å². The fraction of sp³-hybridized carbons (Fsp3) is 0.316. The van der Waals surface area contributed by atoms with E-state index in [1.54, 1.807) is 0 Å². The lowest BCUT2D eigenvalue weighted by Gasteiger charge is -2.13. The van der Waals surface area contributed by atoms with Gasteiger partial charge in [-0.1, -0.05) is 55.8 Å². The number of benzene rings is 2. The van der Waals surface area contributed by atoms with Gasteiger partial charge in [-0.2, -0.15) is 0 Å². The number of aliphatic hydroxyl groups excluding tert-OH is 1. The lowest BCUT2D eigenvalue weighted by molar-refractivity contribution is 0.175. The molecule has 4 nitrogen and oxygen atoms in total. The van der Waals surface area contributed by atoms with Gasteiger partial charge in [-0.05, 0) is 36.1 Å². The van der Waals surface area contributed by atoms with E-state index in [2.05, 4.69) is 24.5 Å². The van der Waals surface area contributed by atoms with Crippen molar-refractivity contribution in [2.75, 3.05) is 11.9 Å². The number of hydrogen-bond donors (Lipinski definition) is 3. The SMILES string of the molecule is Cc1ccc(C(O)CNC(=O)Nc2ccc(C(C)C)cc2)cc1. The maximum Gasteiger partial charge on any atom is 0.319 e. The standard InChI is InChI=1S/C19H24N2O2/c1-13(2)15-8-10-17(11-9-15)21-19(23)20-12-18(22)16-6-4-14(3)5-7-16/h4-11,13,18,22H,12H2,1-3H3,(H2,20,21,23). The van der Waals surface area contributed by atoms with Crippen LogP contribution >= 0.6 is 0 Å². The first-order valence-corrected chi connectivity index (χ1v) is 7.85. The molecule has 0 fully saturated rings. The summed E-state index contributed by atoms with van der Waals surface area (Å²) in [6, 6.07) is 15.0. The number of aryl methyl sites for hydroxylation is 1. The van der Waals surface area contributed by atoms with Crippen LogP contribution in [0.5, 0.6) is 0 Å². The van der Waals surface area contributed by atoms with Gasteiger partial charge in [-0.15, -0.1) is 0 Å². The summed E-state index contributed by atoms with van der Waals surface area (Å²) in [6.07, 6.45) is -0.718. The van der Waals surface area contributed by atoms with Crippen LogP contribution in [0.25, 0.3) is 0 Å². The van der Waals surface area contributed by atoms with Crippen LogP contribution in [-0.2, 0) is 0 Å². The lowest BCUT2D eigenvalue weighted by atomic mass is 10.0. The summed E-state index contributed by atoms with van der Waals surface area (Å²) in [6.45, 7) is 6.41. The molecule has 1 unspecified atom stereocenters. The number of carbonyl (C=O) groups excluding carboxylic acids is 1. The van der Waals surface area contributed by atoms with Crippen LogP contribution in [0.3, 0.4) is 0 Å². The van der Waals surface area contributed by atoms with Crippen molar-refractivity contribution in [3.05, 3.63) is 65.2 Å². The largest absolute Gasteiger partial charge is 0.387 e. The summed E-state index contributed by atoms with van der Waals surface area (Å²) in [7, 11) is 0. The minimum absolute atomic E-state index is 0.166. The normalized spacial score (nSPS) is 12.0. The van der Waals surface area contributed by atoms with Gasteiger partial charge >= 0.3 is 6.03 Å². The van der Waals surface area contributed by atoms with Gasteiger partial charge in [0.1, 0.15) is 0 Å². The molecule has 0 aliphatic carbocycles. The van der Waals surface area contributed by atoms with Gasteiger partial charge < -0.3 is 15.7 Å². The molecule has 0 saturated heterocycles. The first-order valence-electron chi connectivity index (χ1n) is 7.85. The van der Waals surface area contributed by atoms with Crippen molar-refractivity contribution in [3.8, 4) is 0 Å². The Labute approximate surface area is 137 Å². The summed E-state index contributed by atoms with van der Waals surface area (Å²) in [5.74, 6) is 0.461. The number of amides is 2. The van der Waals surface area contributed by atoms with Gasteiger partial charge in [-0.3, -0.25) is 0 Å².